The van der Waals surface area contributed by atoms with E-state index in [-0.39, 0.29) is 5.91 Å². The largest absolute Gasteiger partial charge is 0.493 e. The molecule has 4 aromatic rings. The number of hydrogen-bond acceptors (Lipinski definition) is 7. The average Bonchev–Trinajstić information content (AvgIpc) is 3.36. The van der Waals surface area contributed by atoms with Gasteiger partial charge in [-0.3, -0.25) is 9.20 Å². The highest BCUT2D eigenvalue weighted by molar-refractivity contribution is 6.06. The lowest BCUT2D eigenvalue weighted by Gasteiger charge is -2.19. The summed E-state index contributed by atoms with van der Waals surface area (Å²) in [4.78, 5) is 17.8. The van der Waals surface area contributed by atoms with E-state index in [1.165, 1.54) is 19.3 Å². The summed E-state index contributed by atoms with van der Waals surface area (Å²) in [6.45, 7) is 1.93. The van der Waals surface area contributed by atoms with Crippen molar-refractivity contribution in [1.29, 1.82) is 0 Å². The number of aromatic nitrogens is 4. The molecule has 1 aliphatic carbocycles. The van der Waals surface area contributed by atoms with Gasteiger partial charge in [-0.05, 0) is 54.7 Å². The Hall–Kier alpha value is -4.14. The summed E-state index contributed by atoms with van der Waals surface area (Å²) in [6.07, 6.45) is 9.35. The van der Waals surface area contributed by atoms with Crippen LogP contribution in [0.15, 0.2) is 42.7 Å². The summed E-state index contributed by atoms with van der Waals surface area (Å²) in [6, 6.07) is 9.39. The number of benzene rings is 2. The van der Waals surface area contributed by atoms with E-state index < -0.39 is 0 Å². The van der Waals surface area contributed by atoms with Crippen LogP contribution in [0.3, 0.4) is 0 Å². The third-order valence-electron chi connectivity index (χ3n) is 7.07. The lowest BCUT2D eigenvalue weighted by atomic mass is 9.89. The Labute approximate surface area is 215 Å². The molecule has 1 N–H and O–H groups in total. The minimum absolute atomic E-state index is 0.222. The van der Waals surface area contributed by atoms with Crippen LogP contribution in [0.5, 0.6) is 17.2 Å². The van der Waals surface area contributed by atoms with E-state index in [4.69, 9.17) is 14.2 Å². The summed E-state index contributed by atoms with van der Waals surface area (Å²) in [5.74, 6) is 3.22. The molecule has 9 heteroatoms. The quantitative estimate of drug-likeness (QED) is 0.361. The molecule has 0 radical (unpaired) electrons. The van der Waals surface area contributed by atoms with Gasteiger partial charge < -0.3 is 19.5 Å². The highest BCUT2D eigenvalue weighted by Gasteiger charge is 2.22. The summed E-state index contributed by atoms with van der Waals surface area (Å²) in [7, 11) is 4.73. The lowest BCUT2D eigenvalue weighted by Crippen LogP contribution is -2.15. The Morgan fingerprint density at radius 1 is 1.00 bits per heavy atom. The number of amides is 1. The van der Waals surface area contributed by atoms with Crippen LogP contribution in [0.25, 0.3) is 16.9 Å². The van der Waals surface area contributed by atoms with Crippen molar-refractivity contribution in [3.05, 3.63) is 59.7 Å². The van der Waals surface area contributed by atoms with E-state index in [0.29, 0.717) is 40.2 Å². The minimum Gasteiger partial charge on any atom is -0.493 e. The average molecular weight is 502 g/mol. The van der Waals surface area contributed by atoms with Crippen molar-refractivity contribution in [2.24, 2.45) is 0 Å². The molecule has 0 atom stereocenters. The second kappa shape index (κ2) is 10.5. The van der Waals surface area contributed by atoms with Crippen LogP contribution in [0, 0.1) is 6.92 Å². The van der Waals surface area contributed by atoms with E-state index >= 15 is 0 Å². The standard InChI is InChI=1S/C28H31N5O4/c1-17-21(19-13-23(35-2)25(37-4)24(14-19)36-3)11-8-12-22(17)27(34)30-20-15-29-28-32-31-26(33(28)16-20)18-9-6-5-7-10-18/h8,11-16,18H,5-7,9-10H2,1-4H3,(H,30,34). The number of nitrogens with zero attached hydrogens (tertiary/aromatic N) is 4. The predicted molar refractivity (Wildman–Crippen MR) is 141 cm³/mol. The minimum atomic E-state index is -0.222. The summed E-state index contributed by atoms with van der Waals surface area (Å²) < 4.78 is 18.4. The SMILES string of the molecule is COc1cc(-c2cccc(C(=O)Nc3cnc4nnc(C5CCCCC5)n4c3)c2C)cc(OC)c1OC. The molecule has 0 bridgehead atoms. The van der Waals surface area contributed by atoms with Crippen LogP contribution in [0.4, 0.5) is 5.69 Å². The van der Waals surface area contributed by atoms with Gasteiger partial charge in [0.05, 0.1) is 33.2 Å². The molecular weight excluding hydrogens is 470 g/mol. The van der Waals surface area contributed by atoms with E-state index in [1.807, 2.05) is 47.9 Å². The number of nitrogens with one attached hydrogen (secondary N) is 1. The zero-order chi connectivity index (χ0) is 25.9. The Bertz CT molecular complexity index is 1420. The van der Waals surface area contributed by atoms with Crippen molar-refractivity contribution in [2.45, 2.75) is 44.9 Å². The number of carbonyl (C=O) groups excluding carboxylic acids is 1. The summed E-state index contributed by atoms with van der Waals surface area (Å²) in [5.41, 5.74) is 3.72. The fraction of sp³-hybridized carbons (Fsp3) is 0.357. The number of fused-ring (bicyclic) bond motifs is 1. The number of hydrogen-bond donors (Lipinski definition) is 1. The molecule has 0 aliphatic heterocycles. The maximum atomic E-state index is 13.4. The molecule has 2 aromatic carbocycles. The van der Waals surface area contributed by atoms with Gasteiger partial charge in [0.25, 0.3) is 11.7 Å². The lowest BCUT2D eigenvalue weighted by molar-refractivity contribution is 0.102. The van der Waals surface area contributed by atoms with Gasteiger partial charge in [0.15, 0.2) is 11.5 Å². The maximum Gasteiger partial charge on any atom is 0.256 e. The topological polar surface area (TPSA) is 99.9 Å². The fourth-order valence-electron chi connectivity index (χ4n) is 5.14. The van der Waals surface area contributed by atoms with E-state index in [9.17, 15) is 4.79 Å². The molecule has 1 saturated carbocycles. The first-order valence-electron chi connectivity index (χ1n) is 12.5. The molecule has 1 amide bonds. The number of anilines is 1. The van der Waals surface area contributed by atoms with Gasteiger partial charge in [0.1, 0.15) is 5.82 Å². The van der Waals surface area contributed by atoms with Crippen LogP contribution in [0.1, 0.15) is 59.8 Å². The molecule has 1 aliphatic rings. The summed E-state index contributed by atoms with van der Waals surface area (Å²) >= 11 is 0. The van der Waals surface area contributed by atoms with Gasteiger partial charge >= 0.3 is 0 Å². The number of ether oxygens (including phenoxy) is 3. The van der Waals surface area contributed by atoms with Crippen molar-refractivity contribution in [2.75, 3.05) is 26.6 Å². The zero-order valence-corrected chi connectivity index (χ0v) is 21.6. The first-order chi connectivity index (χ1) is 18.0. The van der Waals surface area contributed by atoms with Gasteiger partial charge in [-0.25, -0.2) is 4.98 Å². The molecule has 5 rings (SSSR count). The van der Waals surface area contributed by atoms with Crippen molar-refractivity contribution >= 4 is 17.4 Å². The van der Waals surface area contributed by atoms with Crippen molar-refractivity contribution in [3.8, 4) is 28.4 Å². The Morgan fingerprint density at radius 3 is 2.41 bits per heavy atom. The van der Waals surface area contributed by atoms with Crippen molar-refractivity contribution in [1.82, 2.24) is 19.6 Å². The van der Waals surface area contributed by atoms with E-state index in [0.717, 1.165) is 35.4 Å². The van der Waals surface area contributed by atoms with Gasteiger partial charge in [0, 0.05) is 17.7 Å². The van der Waals surface area contributed by atoms with Gasteiger partial charge in [-0.2, -0.15) is 0 Å². The highest BCUT2D eigenvalue weighted by Crippen LogP contribution is 2.42. The van der Waals surface area contributed by atoms with E-state index in [2.05, 4.69) is 20.5 Å². The Kier molecular flexibility index (Phi) is 6.94. The molecular formula is C28H31N5O4. The van der Waals surface area contributed by atoms with Crippen molar-refractivity contribution in [3.63, 3.8) is 0 Å². The normalized spacial score (nSPS) is 13.9. The molecule has 192 valence electrons. The number of carbonyl (C=O) groups is 1. The third-order valence-corrected chi connectivity index (χ3v) is 7.07. The first-order valence-corrected chi connectivity index (χ1v) is 12.5. The maximum absolute atomic E-state index is 13.4. The molecule has 2 heterocycles. The zero-order valence-electron chi connectivity index (χ0n) is 21.6. The number of methoxy groups -OCH3 is 3. The van der Waals surface area contributed by atoms with Gasteiger partial charge in [-0.15, -0.1) is 10.2 Å². The van der Waals surface area contributed by atoms with Crippen molar-refractivity contribution < 1.29 is 19.0 Å². The summed E-state index contributed by atoms with van der Waals surface area (Å²) in [5, 5.41) is 11.6. The van der Waals surface area contributed by atoms with Gasteiger partial charge in [-0.1, -0.05) is 31.4 Å². The van der Waals surface area contributed by atoms with E-state index in [1.54, 1.807) is 27.5 Å². The molecule has 37 heavy (non-hydrogen) atoms. The second-order valence-electron chi connectivity index (χ2n) is 9.25. The Morgan fingerprint density at radius 2 is 1.73 bits per heavy atom. The molecule has 0 unspecified atom stereocenters. The number of rotatable bonds is 7. The van der Waals surface area contributed by atoms with Crippen LogP contribution < -0.4 is 19.5 Å². The van der Waals surface area contributed by atoms with Crippen LogP contribution in [-0.4, -0.2) is 46.8 Å². The molecule has 2 aromatic heterocycles. The first kappa shape index (κ1) is 24.5. The monoisotopic (exact) mass is 501 g/mol. The van der Waals surface area contributed by atoms with Gasteiger partial charge in [0.2, 0.25) is 5.75 Å². The van der Waals surface area contributed by atoms with Crippen LogP contribution in [0.2, 0.25) is 0 Å². The molecule has 1 fully saturated rings. The molecule has 0 saturated heterocycles. The molecule has 9 nitrogen and oxygen atoms in total. The van der Waals surface area contributed by atoms with Crippen LogP contribution in [-0.2, 0) is 0 Å². The Balaban J connectivity index is 1.45. The highest BCUT2D eigenvalue weighted by atomic mass is 16.5. The molecule has 0 spiro atoms. The predicted octanol–water partition coefficient (Wildman–Crippen LogP) is 5.43. The second-order valence-corrected chi connectivity index (χ2v) is 9.25. The fourth-order valence-corrected chi connectivity index (χ4v) is 5.14. The third kappa shape index (κ3) is 4.69. The van der Waals surface area contributed by atoms with Crippen LogP contribution >= 0.6 is 0 Å². The smallest absolute Gasteiger partial charge is 0.256 e.